The van der Waals surface area contributed by atoms with E-state index in [0.717, 1.165) is 36.6 Å². The van der Waals surface area contributed by atoms with Gasteiger partial charge in [0.15, 0.2) is 40.1 Å². The highest BCUT2D eigenvalue weighted by Crippen LogP contribution is 2.36. The van der Waals surface area contributed by atoms with Gasteiger partial charge in [-0.25, -0.2) is 23.4 Å². The summed E-state index contributed by atoms with van der Waals surface area (Å²) in [5, 5.41) is 0. The van der Waals surface area contributed by atoms with Crippen LogP contribution in [0.3, 0.4) is 0 Å². The molecule has 2 aliphatic rings. The molecule has 0 spiro atoms. The van der Waals surface area contributed by atoms with Crippen LogP contribution >= 0.6 is 0 Å². The summed E-state index contributed by atoms with van der Waals surface area (Å²) in [6, 6.07) is 1.44. The maximum absolute atomic E-state index is 13.5. The van der Waals surface area contributed by atoms with Crippen LogP contribution in [-0.2, 0) is 0 Å². The number of rotatable bonds is 5. The number of fused-ring (bicyclic) bond motifs is 1. The van der Waals surface area contributed by atoms with Gasteiger partial charge in [0.05, 0.1) is 13.7 Å². The summed E-state index contributed by atoms with van der Waals surface area (Å²) in [7, 11) is 2.63. The highest BCUT2D eigenvalue weighted by atomic mass is 19.2. The van der Waals surface area contributed by atoms with Gasteiger partial charge in [-0.15, -0.1) is 0 Å². The maximum Gasteiger partial charge on any atom is 0.415 e. The molecule has 1 N–H and O–H groups in total. The summed E-state index contributed by atoms with van der Waals surface area (Å²) in [5.41, 5.74) is -0.243. The second-order valence-electron chi connectivity index (χ2n) is 8.52. The molecule has 182 valence electrons. The number of methoxy groups -OCH3 is 1. The van der Waals surface area contributed by atoms with Crippen LogP contribution in [0.4, 0.5) is 13.6 Å². The van der Waals surface area contributed by atoms with E-state index < -0.39 is 23.3 Å². The summed E-state index contributed by atoms with van der Waals surface area (Å²) < 4.78 is 39.7. The zero-order valence-corrected chi connectivity index (χ0v) is 18.9. The number of aromatic nitrogens is 4. The highest BCUT2D eigenvalue weighted by molar-refractivity contribution is 5.72. The molecular formula is C23H21F2N5O5. The van der Waals surface area contributed by atoms with Gasteiger partial charge in [0.2, 0.25) is 0 Å². The number of imidazole rings is 1. The van der Waals surface area contributed by atoms with E-state index in [0.29, 0.717) is 6.07 Å². The van der Waals surface area contributed by atoms with Crippen molar-refractivity contribution in [1.82, 2.24) is 24.0 Å². The van der Waals surface area contributed by atoms with Gasteiger partial charge in [-0.2, -0.15) is 0 Å². The standard InChI is InChI=1S/C23H21F2N5O5/c1-28(23(33)35-17-11-15(25)14(24)10-16(17)34-2)9-3-4-18-26-19-20(27-18)29(12-5-6-12)22(32)30(21(19)31)13-7-8-13/h10-13H,5-9H2,1-2H3,(H,26,27). The first-order valence-electron chi connectivity index (χ1n) is 11.0. The van der Waals surface area contributed by atoms with Crippen LogP contribution in [0, 0.1) is 23.5 Å². The average Bonchev–Trinajstić information content (AvgIpc) is 3.75. The molecule has 1 amide bonds. The topological polar surface area (TPSA) is 111 Å². The Hall–Kier alpha value is -4.14. The third-order valence-corrected chi connectivity index (χ3v) is 5.82. The summed E-state index contributed by atoms with van der Waals surface area (Å²) in [4.78, 5) is 46.5. The lowest BCUT2D eigenvalue weighted by Gasteiger charge is -2.15. The van der Waals surface area contributed by atoms with Crippen molar-refractivity contribution in [2.24, 2.45) is 0 Å². The van der Waals surface area contributed by atoms with Crippen molar-refractivity contribution in [3.05, 3.63) is 50.4 Å². The lowest BCUT2D eigenvalue weighted by molar-refractivity contribution is 0.166. The SMILES string of the molecule is COc1cc(F)c(F)cc1OC(=O)N(C)CC#Cc1nc2c([nH]1)c(=O)n(C1CC1)c(=O)n2C1CC1. The molecule has 2 heterocycles. The number of hydrogen-bond acceptors (Lipinski definition) is 6. The van der Waals surface area contributed by atoms with E-state index in [4.69, 9.17) is 9.47 Å². The lowest BCUT2D eigenvalue weighted by atomic mass is 10.3. The largest absolute Gasteiger partial charge is 0.493 e. The number of benzene rings is 1. The van der Waals surface area contributed by atoms with E-state index in [1.54, 1.807) is 4.57 Å². The Bertz CT molecular complexity index is 1520. The van der Waals surface area contributed by atoms with Gasteiger partial charge in [-0.05, 0) is 31.6 Å². The van der Waals surface area contributed by atoms with Gasteiger partial charge in [-0.3, -0.25) is 18.8 Å². The zero-order chi connectivity index (χ0) is 24.9. The number of carbonyl (C=O) groups is 1. The molecule has 0 saturated heterocycles. The highest BCUT2D eigenvalue weighted by Gasteiger charge is 2.34. The molecule has 0 bridgehead atoms. The Labute approximate surface area is 197 Å². The molecular weight excluding hydrogens is 464 g/mol. The van der Waals surface area contributed by atoms with Crippen LogP contribution in [0.1, 0.15) is 43.6 Å². The summed E-state index contributed by atoms with van der Waals surface area (Å²) >= 11 is 0. The fourth-order valence-electron chi connectivity index (χ4n) is 3.71. The Morgan fingerprint density at radius 3 is 2.40 bits per heavy atom. The monoisotopic (exact) mass is 485 g/mol. The van der Waals surface area contributed by atoms with Gasteiger partial charge in [0.25, 0.3) is 5.56 Å². The van der Waals surface area contributed by atoms with Gasteiger partial charge < -0.3 is 14.5 Å². The number of halogens is 2. The molecule has 0 radical (unpaired) electrons. The molecule has 0 atom stereocenters. The minimum atomic E-state index is -1.19. The molecule has 35 heavy (non-hydrogen) atoms. The zero-order valence-electron chi connectivity index (χ0n) is 18.9. The van der Waals surface area contributed by atoms with Crippen LogP contribution < -0.4 is 20.7 Å². The predicted molar refractivity (Wildman–Crippen MR) is 120 cm³/mol. The number of amides is 1. The molecule has 0 aliphatic heterocycles. The van der Waals surface area contributed by atoms with Gasteiger partial charge in [0, 0.05) is 31.3 Å². The summed E-state index contributed by atoms with van der Waals surface area (Å²) in [6.07, 6.45) is 2.42. The Morgan fingerprint density at radius 2 is 1.77 bits per heavy atom. The molecule has 2 aliphatic carbocycles. The van der Waals surface area contributed by atoms with Crippen LogP contribution in [0.2, 0.25) is 0 Å². The lowest BCUT2D eigenvalue weighted by Crippen LogP contribution is -2.39. The molecule has 12 heteroatoms. The second kappa shape index (κ2) is 8.57. The summed E-state index contributed by atoms with van der Waals surface area (Å²) in [6.45, 7) is -0.0936. The Morgan fingerprint density at radius 1 is 1.14 bits per heavy atom. The average molecular weight is 485 g/mol. The van der Waals surface area contributed by atoms with Crippen molar-refractivity contribution in [2.45, 2.75) is 37.8 Å². The third kappa shape index (κ3) is 4.25. The van der Waals surface area contributed by atoms with Gasteiger partial charge in [-0.1, -0.05) is 5.92 Å². The predicted octanol–water partition coefficient (Wildman–Crippen LogP) is 2.33. The third-order valence-electron chi connectivity index (χ3n) is 5.82. The van der Waals surface area contributed by atoms with Crippen molar-refractivity contribution >= 4 is 17.3 Å². The van der Waals surface area contributed by atoms with E-state index in [2.05, 4.69) is 21.8 Å². The fraction of sp³-hybridized carbons (Fsp3) is 0.391. The number of hydrogen-bond donors (Lipinski definition) is 1. The molecule has 2 fully saturated rings. The van der Waals surface area contributed by atoms with Crippen molar-refractivity contribution < 1.29 is 23.0 Å². The number of ether oxygens (including phenoxy) is 2. The van der Waals surface area contributed by atoms with E-state index in [-0.39, 0.29) is 52.8 Å². The van der Waals surface area contributed by atoms with Crippen molar-refractivity contribution in [3.8, 4) is 23.3 Å². The van der Waals surface area contributed by atoms with E-state index >= 15 is 0 Å². The van der Waals surface area contributed by atoms with E-state index in [1.165, 1.54) is 18.7 Å². The molecule has 1 aromatic carbocycles. The van der Waals surface area contributed by atoms with Crippen LogP contribution in [0.25, 0.3) is 11.2 Å². The minimum absolute atomic E-state index is 0.0221. The smallest absolute Gasteiger partial charge is 0.415 e. The van der Waals surface area contributed by atoms with Crippen LogP contribution in [0.5, 0.6) is 11.5 Å². The molecule has 0 unspecified atom stereocenters. The Balaban J connectivity index is 1.35. The molecule has 2 aromatic heterocycles. The first-order valence-corrected chi connectivity index (χ1v) is 11.0. The quantitative estimate of drug-likeness (QED) is 0.556. The first kappa shape index (κ1) is 22.6. The molecule has 2 saturated carbocycles. The number of nitrogens with one attached hydrogen (secondary N) is 1. The fourth-order valence-corrected chi connectivity index (χ4v) is 3.71. The molecule has 3 aromatic rings. The van der Waals surface area contributed by atoms with Crippen molar-refractivity contribution in [3.63, 3.8) is 0 Å². The van der Waals surface area contributed by atoms with Crippen LogP contribution in [-0.4, -0.2) is 50.8 Å². The number of carbonyl (C=O) groups excluding carboxylic acids is 1. The van der Waals surface area contributed by atoms with Gasteiger partial charge in [0.1, 0.15) is 0 Å². The van der Waals surface area contributed by atoms with Crippen molar-refractivity contribution in [1.29, 1.82) is 0 Å². The van der Waals surface area contributed by atoms with E-state index in [9.17, 15) is 23.2 Å². The normalized spacial score (nSPS) is 15.0. The number of aromatic amines is 1. The number of H-pyrrole nitrogens is 1. The Kier molecular flexibility index (Phi) is 5.55. The molecule has 10 nitrogen and oxygen atoms in total. The minimum Gasteiger partial charge on any atom is -0.493 e. The summed E-state index contributed by atoms with van der Waals surface area (Å²) in [5.74, 6) is 2.94. The number of nitrogens with zero attached hydrogens (tertiary/aromatic N) is 4. The van der Waals surface area contributed by atoms with Gasteiger partial charge >= 0.3 is 11.8 Å². The maximum atomic E-state index is 13.5. The van der Waals surface area contributed by atoms with Crippen molar-refractivity contribution in [2.75, 3.05) is 20.7 Å². The first-order chi connectivity index (χ1) is 16.8. The molecule has 5 rings (SSSR count). The van der Waals surface area contributed by atoms with Crippen LogP contribution in [0.15, 0.2) is 21.7 Å². The second-order valence-corrected chi connectivity index (χ2v) is 8.52. The van der Waals surface area contributed by atoms with E-state index in [1.807, 2.05) is 0 Å².